The molecule has 0 aliphatic carbocycles. The number of nitrogens with zero attached hydrogens (tertiary/aromatic N) is 3. The number of hydrogen-bond donors (Lipinski definition) is 1. The van der Waals surface area contributed by atoms with Gasteiger partial charge in [-0.3, -0.25) is 9.78 Å². The predicted molar refractivity (Wildman–Crippen MR) is 137 cm³/mol. The summed E-state index contributed by atoms with van der Waals surface area (Å²) in [5.41, 5.74) is 3.32. The lowest BCUT2D eigenvalue weighted by atomic mass is 9.92. The number of methoxy groups -OCH3 is 2. The standard InChI is InChI=1S/C26H28N4O5S/c1-5-35-25(32)23-16(2)29-26-30(24(23)20-13-19(33-3)6-7-21(20)34-4)18(15-36-26)12-22(31)28-14-17-8-10-27-11-9-17/h6-11,13,15,24H,5,12,14H2,1-4H3,(H,28,31). The van der Waals surface area contributed by atoms with Crippen molar-refractivity contribution in [2.24, 2.45) is 4.99 Å². The molecule has 1 amide bonds. The van der Waals surface area contributed by atoms with E-state index in [1.807, 2.05) is 28.5 Å². The Morgan fingerprint density at radius 3 is 2.61 bits per heavy atom. The molecule has 9 nitrogen and oxygen atoms in total. The zero-order valence-corrected chi connectivity index (χ0v) is 21.4. The van der Waals surface area contributed by atoms with Gasteiger partial charge in [0.1, 0.15) is 11.5 Å². The number of aliphatic imine (C=N–C) groups is 1. The highest BCUT2D eigenvalue weighted by atomic mass is 32.2. The number of carbonyl (C=O) groups is 2. The highest BCUT2D eigenvalue weighted by molar-refractivity contribution is 8.16. The fraction of sp³-hybridized carbons (Fsp3) is 0.308. The normalized spacial score (nSPS) is 16.7. The lowest BCUT2D eigenvalue weighted by molar-refractivity contribution is -0.139. The third-order valence-electron chi connectivity index (χ3n) is 5.81. The first-order valence-corrected chi connectivity index (χ1v) is 12.3. The lowest BCUT2D eigenvalue weighted by Crippen LogP contribution is -2.38. The van der Waals surface area contributed by atoms with Gasteiger partial charge in [0.15, 0.2) is 5.17 Å². The van der Waals surface area contributed by atoms with E-state index in [1.54, 1.807) is 52.6 Å². The van der Waals surface area contributed by atoms with Crippen LogP contribution in [0.25, 0.3) is 0 Å². The molecule has 2 aliphatic heterocycles. The number of carbonyl (C=O) groups excluding carboxylic acids is 2. The van der Waals surface area contributed by atoms with Crippen molar-refractivity contribution in [1.29, 1.82) is 0 Å². The topological polar surface area (TPSA) is 102 Å². The Hall–Kier alpha value is -3.79. The summed E-state index contributed by atoms with van der Waals surface area (Å²) in [6.07, 6.45) is 3.48. The van der Waals surface area contributed by atoms with E-state index in [4.69, 9.17) is 14.2 Å². The number of esters is 1. The van der Waals surface area contributed by atoms with Crippen molar-refractivity contribution in [3.05, 3.63) is 76.2 Å². The monoisotopic (exact) mass is 508 g/mol. The zero-order valence-electron chi connectivity index (χ0n) is 20.6. The number of allylic oxidation sites excluding steroid dienone is 1. The quantitative estimate of drug-likeness (QED) is 0.508. The van der Waals surface area contributed by atoms with Crippen molar-refractivity contribution in [1.82, 2.24) is 15.2 Å². The number of thioether (sulfide) groups is 1. The van der Waals surface area contributed by atoms with Crippen molar-refractivity contribution < 1.29 is 23.8 Å². The summed E-state index contributed by atoms with van der Waals surface area (Å²) in [6.45, 7) is 4.17. The van der Waals surface area contributed by atoms with E-state index in [0.717, 1.165) is 11.3 Å². The molecule has 2 aromatic rings. The first kappa shape index (κ1) is 25.3. The minimum atomic E-state index is -0.615. The van der Waals surface area contributed by atoms with Gasteiger partial charge in [-0.05, 0) is 55.2 Å². The van der Waals surface area contributed by atoms with E-state index in [2.05, 4.69) is 15.3 Å². The van der Waals surface area contributed by atoms with Crippen LogP contribution in [0, 0.1) is 0 Å². The summed E-state index contributed by atoms with van der Waals surface area (Å²) in [7, 11) is 3.16. The van der Waals surface area contributed by atoms with Gasteiger partial charge in [-0.25, -0.2) is 9.79 Å². The van der Waals surface area contributed by atoms with Crippen LogP contribution >= 0.6 is 11.8 Å². The highest BCUT2D eigenvalue weighted by Gasteiger charge is 2.42. The number of benzene rings is 1. The van der Waals surface area contributed by atoms with Crippen molar-refractivity contribution in [3.8, 4) is 11.5 Å². The Morgan fingerprint density at radius 1 is 1.14 bits per heavy atom. The second kappa shape index (κ2) is 11.3. The first-order valence-electron chi connectivity index (χ1n) is 11.5. The Morgan fingerprint density at radius 2 is 1.92 bits per heavy atom. The summed E-state index contributed by atoms with van der Waals surface area (Å²) < 4.78 is 16.5. The average molecular weight is 509 g/mol. The number of amides is 1. The van der Waals surface area contributed by atoms with Crippen LogP contribution in [0.15, 0.2) is 70.1 Å². The Bertz CT molecular complexity index is 1240. The number of nitrogens with one attached hydrogen (secondary N) is 1. The molecule has 0 saturated heterocycles. The van der Waals surface area contributed by atoms with Crippen LogP contribution in [0.5, 0.6) is 11.5 Å². The number of pyridine rings is 1. The summed E-state index contributed by atoms with van der Waals surface area (Å²) in [6, 6.07) is 8.52. The average Bonchev–Trinajstić information content (AvgIpc) is 3.28. The molecule has 10 heteroatoms. The van der Waals surface area contributed by atoms with Gasteiger partial charge in [0.2, 0.25) is 5.91 Å². The molecule has 0 bridgehead atoms. The third kappa shape index (κ3) is 5.23. The fourth-order valence-electron chi connectivity index (χ4n) is 4.12. The van der Waals surface area contributed by atoms with Crippen molar-refractivity contribution in [2.75, 3.05) is 20.8 Å². The largest absolute Gasteiger partial charge is 0.497 e. The maximum Gasteiger partial charge on any atom is 0.338 e. The van der Waals surface area contributed by atoms with E-state index in [9.17, 15) is 9.59 Å². The fourth-order valence-corrected chi connectivity index (χ4v) is 5.08. The molecule has 1 N–H and O–H groups in total. The number of ether oxygens (including phenoxy) is 3. The Kier molecular flexibility index (Phi) is 7.94. The summed E-state index contributed by atoms with van der Waals surface area (Å²) in [5, 5.41) is 5.52. The second-order valence-electron chi connectivity index (χ2n) is 8.03. The zero-order chi connectivity index (χ0) is 25.7. The molecule has 1 unspecified atom stereocenters. The molecule has 0 fully saturated rings. The molecule has 3 heterocycles. The van der Waals surface area contributed by atoms with Crippen LogP contribution in [-0.4, -0.2) is 47.8 Å². The highest BCUT2D eigenvalue weighted by Crippen LogP contribution is 2.47. The van der Waals surface area contributed by atoms with E-state index >= 15 is 0 Å². The predicted octanol–water partition coefficient (Wildman–Crippen LogP) is 3.94. The van der Waals surface area contributed by atoms with Crippen LogP contribution in [0.2, 0.25) is 0 Å². The molecule has 188 valence electrons. The molecule has 1 aromatic heterocycles. The maximum absolute atomic E-state index is 13.2. The van der Waals surface area contributed by atoms with Crippen molar-refractivity contribution in [3.63, 3.8) is 0 Å². The molecule has 4 rings (SSSR count). The second-order valence-corrected chi connectivity index (χ2v) is 8.87. The molecule has 2 aliphatic rings. The van der Waals surface area contributed by atoms with Crippen LogP contribution in [0.4, 0.5) is 0 Å². The summed E-state index contributed by atoms with van der Waals surface area (Å²) >= 11 is 1.41. The molecule has 1 atom stereocenters. The number of rotatable bonds is 9. The van der Waals surface area contributed by atoms with Crippen molar-refractivity contribution >= 4 is 28.8 Å². The summed E-state index contributed by atoms with van der Waals surface area (Å²) in [4.78, 5) is 36.7. The van der Waals surface area contributed by atoms with Gasteiger partial charge >= 0.3 is 5.97 Å². The number of amidine groups is 1. The van der Waals surface area contributed by atoms with Gasteiger partial charge in [-0.15, -0.1) is 0 Å². The molecule has 1 aromatic carbocycles. The van der Waals surface area contributed by atoms with Gasteiger partial charge in [-0.1, -0.05) is 11.8 Å². The van der Waals surface area contributed by atoms with E-state index in [0.29, 0.717) is 40.0 Å². The third-order valence-corrected chi connectivity index (χ3v) is 6.70. The Balaban J connectivity index is 1.69. The smallest absolute Gasteiger partial charge is 0.338 e. The molecule has 0 spiro atoms. The van der Waals surface area contributed by atoms with E-state index in [-0.39, 0.29) is 18.9 Å². The van der Waals surface area contributed by atoms with Crippen LogP contribution in [0.3, 0.4) is 0 Å². The first-order chi connectivity index (χ1) is 17.5. The summed E-state index contributed by atoms with van der Waals surface area (Å²) in [5.74, 6) is 0.574. The molecule has 0 saturated carbocycles. The maximum atomic E-state index is 13.2. The number of aromatic nitrogens is 1. The molecule has 36 heavy (non-hydrogen) atoms. The molecular formula is C26H28N4O5S. The van der Waals surface area contributed by atoms with E-state index < -0.39 is 12.0 Å². The lowest BCUT2D eigenvalue weighted by Gasteiger charge is -2.36. The molecular weight excluding hydrogens is 480 g/mol. The van der Waals surface area contributed by atoms with E-state index in [1.165, 1.54) is 11.8 Å². The minimum absolute atomic E-state index is 0.106. The Labute approximate surface area is 214 Å². The van der Waals surface area contributed by atoms with Crippen LogP contribution in [0.1, 0.15) is 37.4 Å². The van der Waals surface area contributed by atoms with Crippen LogP contribution < -0.4 is 14.8 Å². The van der Waals surface area contributed by atoms with Gasteiger partial charge in [0.25, 0.3) is 0 Å². The SMILES string of the molecule is CCOC(=O)C1=C(C)N=C2SC=C(CC(=O)NCc3ccncc3)N2C1c1cc(OC)ccc1OC. The number of hydrogen-bond acceptors (Lipinski definition) is 9. The van der Waals surface area contributed by atoms with Gasteiger partial charge in [0, 0.05) is 30.2 Å². The van der Waals surface area contributed by atoms with Gasteiger partial charge < -0.3 is 24.4 Å². The van der Waals surface area contributed by atoms with Crippen molar-refractivity contribution in [2.45, 2.75) is 32.9 Å². The van der Waals surface area contributed by atoms with Gasteiger partial charge in [-0.2, -0.15) is 0 Å². The van der Waals surface area contributed by atoms with Gasteiger partial charge in [0.05, 0.1) is 44.6 Å². The molecule has 0 radical (unpaired) electrons. The minimum Gasteiger partial charge on any atom is -0.497 e. The van der Waals surface area contributed by atoms with Crippen LogP contribution in [-0.2, 0) is 20.9 Å². The number of fused-ring (bicyclic) bond motifs is 1.